The van der Waals surface area contributed by atoms with Crippen molar-refractivity contribution in [1.82, 2.24) is 15.5 Å². The summed E-state index contributed by atoms with van der Waals surface area (Å²) >= 11 is 0. The molecule has 2 amide bonds. The maximum Gasteiger partial charge on any atom is 0.244 e. The molecule has 0 aromatic carbocycles. The quantitative estimate of drug-likeness (QED) is 0.680. The summed E-state index contributed by atoms with van der Waals surface area (Å²) < 4.78 is 0. The second-order valence-corrected chi connectivity index (χ2v) is 4.78. The SMILES string of the molecule is CCNCCC(=O)NC(C)C(=O)N1CCCCC1. The summed E-state index contributed by atoms with van der Waals surface area (Å²) in [5.74, 6) is -0.0136. The van der Waals surface area contributed by atoms with Gasteiger partial charge >= 0.3 is 0 Å². The number of amides is 2. The minimum absolute atomic E-state index is 0.0477. The summed E-state index contributed by atoms with van der Waals surface area (Å²) in [6.45, 7) is 6.94. The van der Waals surface area contributed by atoms with E-state index in [0.717, 1.165) is 32.5 Å². The number of likely N-dealkylation sites (tertiary alicyclic amines) is 1. The van der Waals surface area contributed by atoms with Crippen molar-refractivity contribution in [2.75, 3.05) is 26.2 Å². The van der Waals surface area contributed by atoms with Gasteiger partial charge in [-0.2, -0.15) is 0 Å². The highest BCUT2D eigenvalue weighted by molar-refractivity contribution is 5.87. The number of rotatable bonds is 6. The third-order valence-electron chi connectivity index (χ3n) is 3.19. The summed E-state index contributed by atoms with van der Waals surface area (Å²) in [4.78, 5) is 25.5. The molecule has 104 valence electrons. The van der Waals surface area contributed by atoms with Crippen molar-refractivity contribution in [2.24, 2.45) is 0 Å². The maximum atomic E-state index is 12.1. The lowest BCUT2D eigenvalue weighted by Gasteiger charge is -2.29. The fourth-order valence-electron chi connectivity index (χ4n) is 2.14. The van der Waals surface area contributed by atoms with Gasteiger partial charge in [0.2, 0.25) is 11.8 Å². The lowest BCUT2D eigenvalue weighted by atomic mass is 10.1. The van der Waals surface area contributed by atoms with Crippen LogP contribution in [0.4, 0.5) is 0 Å². The average molecular weight is 255 g/mol. The highest BCUT2D eigenvalue weighted by atomic mass is 16.2. The van der Waals surface area contributed by atoms with Crippen molar-refractivity contribution in [3.8, 4) is 0 Å². The zero-order valence-electron chi connectivity index (χ0n) is 11.5. The lowest BCUT2D eigenvalue weighted by molar-refractivity contribution is -0.136. The third kappa shape index (κ3) is 5.04. The molecule has 5 heteroatoms. The molecule has 1 rings (SSSR count). The van der Waals surface area contributed by atoms with Crippen LogP contribution in [0.3, 0.4) is 0 Å². The standard InChI is InChI=1S/C13H25N3O2/c1-3-14-8-7-12(17)15-11(2)13(18)16-9-5-4-6-10-16/h11,14H,3-10H2,1-2H3,(H,15,17). The Morgan fingerprint density at radius 3 is 2.50 bits per heavy atom. The number of nitrogens with zero attached hydrogens (tertiary/aromatic N) is 1. The van der Waals surface area contributed by atoms with Crippen LogP contribution in [0.5, 0.6) is 0 Å². The molecule has 0 aromatic heterocycles. The van der Waals surface area contributed by atoms with Crippen LogP contribution in [-0.2, 0) is 9.59 Å². The van der Waals surface area contributed by atoms with Gasteiger partial charge in [0, 0.05) is 26.1 Å². The highest BCUT2D eigenvalue weighted by Gasteiger charge is 2.22. The summed E-state index contributed by atoms with van der Waals surface area (Å²) in [6.07, 6.45) is 3.78. The Kier molecular flexibility index (Phi) is 6.72. The highest BCUT2D eigenvalue weighted by Crippen LogP contribution is 2.09. The van der Waals surface area contributed by atoms with Gasteiger partial charge in [-0.15, -0.1) is 0 Å². The first-order valence-corrected chi connectivity index (χ1v) is 6.94. The van der Waals surface area contributed by atoms with E-state index in [1.807, 2.05) is 11.8 Å². The third-order valence-corrected chi connectivity index (χ3v) is 3.19. The smallest absolute Gasteiger partial charge is 0.244 e. The molecule has 18 heavy (non-hydrogen) atoms. The Labute approximate surface area is 109 Å². The first kappa shape index (κ1) is 15.0. The Morgan fingerprint density at radius 1 is 1.22 bits per heavy atom. The second kappa shape index (κ2) is 8.08. The van der Waals surface area contributed by atoms with Crippen molar-refractivity contribution in [1.29, 1.82) is 0 Å². The van der Waals surface area contributed by atoms with Gasteiger partial charge in [0.05, 0.1) is 0 Å². The van der Waals surface area contributed by atoms with Crippen LogP contribution in [0.25, 0.3) is 0 Å². The van der Waals surface area contributed by atoms with Crippen molar-refractivity contribution in [3.05, 3.63) is 0 Å². The molecular formula is C13H25N3O2. The first-order valence-electron chi connectivity index (χ1n) is 6.94. The van der Waals surface area contributed by atoms with E-state index in [4.69, 9.17) is 0 Å². The summed E-state index contributed by atoms with van der Waals surface area (Å²) in [7, 11) is 0. The molecule has 2 N–H and O–H groups in total. The summed E-state index contributed by atoms with van der Waals surface area (Å²) in [6, 6.07) is -0.405. The molecule has 1 saturated heterocycles. The van der Waals surface area contributed by atoms with Gasteiger partial charge in [-0.1, -0.05) is 6.92 Å². The normalized spacial score (nSPS) is 17.3. The molecule has 0 radical (unpaired) electrons. The van der Waals surface area contributed by atoms with E-state index in [1.165, 1.54) is 6.42 Å². The predicted molar refractivity (Wildman–Crippen MR) is 71.2 cm³/mol. The van der Waals surface area contributed by atoms with Gasteiger partial charge in [-0.05, 0) is 32.7 Å². The minimum Gasteiger partial charge on any atom is -0.345 e. The second-order valence-electron chi connectivity index (χ2n) is 4.78. The summed E-state index contributed by atoms with van der Waals surface area (Å²) in [5.41, 5.74) is 0. The average Bonchev–Trinajstić information content (AvgIpc) is 2.39. The summed E-state index contributed by atoms with van der Waals surface area (Å²) in [5, 5.41) is 5.85. The number of hydrogen-bond acceptors (Lipinski definition) is 3. The van der Waals surface area contributed by atoms with Gasteiger partial charge in [0.15, 0.2) is 0 Å². The molecule has 0 spiro atoms. The molecule has 1 aliphatic rings. The Hall–Kier alpha value is -1.10. The molecule has 0 aromatic rings. The van der Waals surface area contributed by atoms with Crippen LogP contribution in [-0.4, -0.2) is 48.9 Å². The van der Waals surface area contributed by atoms with Crippen LogP contribution in [0.2, 0.25) is 0 Å². The Bertz CT molecular complexity index is 275. The van der Waals surface area contributed by atoms with Gasteiger partial charge in [-0.3, -0.25) is 9.59 Å². The topological polar surface area (TPSA) is 61.4 Å². The van der Waals surface area contributed by atoms with Gasteiger partial charge < -0.3 is 15.5 Å². The van der Waals surface area contributed by atoms with Gasteiger partial charge in [0.25, 0.3) is 0 Å². The Morgan fingerprint density at radius 2 is 1.89 bits per heavy atom. The molecule has 0 saturated carbocycles. The van der Waals surface area contributed by atoms with E-state index in [2.05, 4.69) is 10.6 Å². The largest absolute Gasteiger partial charge is 0.345 e. The fourth-order valence-corrected chi connectivity index (χ4v) is 2.14. The van der Waals surface area contributed by atoms with Crippen LogP contribution in [0.15, 0.2) is 0 Å². The molecule has 0 aliphatic carbocycles. The zero-order chi connectivity index (χ0) is 13.4. The van der Waals surface area contributed by atoms with E-state index in [-0.39, 0.29) is 11.8 Å². The van der Waals surface area contributed by atoms with Crippen LogP contribution < -0.4 is 10.6 Å². The van der Waals surface area contributed by atoms with E-state index < -0.39 is 6.04 Å². The van der Waals surface area contributed by atoms with Gasteiger partial charge in [-0.25, -0.2) is 0 Å². The fraction of sp³-hybridized carbons (Fsp3) is 0.846. The molecule has 1 heterocycles. The van der Waals surface area contributed by atoms with E-state index >= 15 is 0 Å². The maximum absolute atomic E-state index is 12.1. The molecule has 1 atom stereocenters. The molecule has 1 aliphatic heterocycles. The molecule has 1 unspecified atom stereocenters. The van der Waals surface area contributed by atoms with Crippen molar-refractivity contribution in [3.63, 3.8) is 0 Å². The van der Waals surface area contributed by atoms with E-state index in [9.17, 15) is 9.59 Å². The molecular weight excluding hydrogens is 230 g/mol. The minimum atomic E-state index is -0.405. The van der Waals surface area contributed by atoms with Crippen LogP contribution >= 0.6 is 0 Å². The number of piperidine rings is 1. The van der Waals surface area contributed by atoms with E-state index in [1.54, 1.807) is 6.92 Å². The number of carbonyl (C=O) groups excluding carboxylic acids is 2. The lowest BCUT2D eigenvalue weighted by Crippen LogP contribution is -2.48. The molecule has 0 bridgehead atoms. The predicted octanol–water partition coefficient (Wildman–Crippen LogP) is 0.503. The van der Waals surface area contributed by atoms with E-state index in [0.29, 0.717) is 13.0 Å². The molecule has 1 fully saturated rings. The zero-order valence-corrected chi connectivity index (χ0v) is 11.5. The van der Waals surface area contributed by atoms with Gasteiger partial charge in [0.1, 0.15) is 6.04 Å². The number of hydrogen-bond donors (Lipinski definition) is 2. The molecule has 5 nitrogen and oxygen atoms in total. The van der Waals surface area contributed by atoms with Crippen molar-refractivity contribution >= 4 is 11.8 Å². The first-order chi connectivity index (χ1) is 8.65. The monoisotopic (exact) mass is 255 g/mol. The van der Waals surface area contributed by atoms with Crippen molar-refractivity contribution in [2.45, 2.75) is 45.6 Å². The van der Waals surface area contributed by atoms with Crippen molar-refractivity contribution < 1.29 is 9.59 Å². The number of carbonyl (C=O) groups is 2. The van der Waals surface area contributed by atoms with Crippen LogP contribution in [0, 0.1) is 0 Å². The number of nitrogens with one attached hydrogen (secondary N) is 2. The Balaban J connectivity index is 2.27. The van der Waals surface area contributed by atoms with Crippen LogP contribution in [0.1, 0.15) is 39.5 Å².